The molecule has 0 aliphatic carbocycles. The van der Waals surface area contributed by atoms with Crippen LogP contribution in [-0.4, -0.2) is 20.9 Å². The first-order chi connectivity index (χ1) is 13.5. The van der Waals surface area contributed by atoms with E-state index in [-0.39, 0.29) is 23.1 Å². The summed E-state index contributed by atoms with van der Waals surface area (Å²) in [6, 6.07) is 18.1. The Kier molecular flexibility index (Phi) is 6.59. The van der Waals surface area contributed by atoms with Gasteiger partial charge in [0.2, 0.25) is 5.91 Å². The number of thiophene rings is 1. The number of amides is 1. The van der Waals surface area contributed by atoms with Crippen molar-refractivity contribution in [2.24, 2.45) is 0 Å². The maximum absolute atomic E-state index is 13.3. The van der Waals surface area contributed by atoms with Crippen LogP contribution in [0.3, 0.4) is 0 Å². The maximum Gasteiger partial charge on any atom is 0.220 e. The summed E-state index contributed by atoms with van der Waals surface area (Å²) in [5, 5.41) is 3.44. The number of halogens is 1. The van der Waals surface area contributed by atoms with Gasteiger partial charge in [-0.25, -0.2) is 12.8 Å². The zero-order chi connectivity index (χ0) is 20.0. The zero-order valence-corrected chi connectivity index (χ0v) is 16.7. The lowest BCUT2D eigenvalue weighted by Crippen LogP contribution is -2.31. The van der Waals surface area contributed by atoms with Crippen molar-refractivity contribution in [3.05, 3.63) is 89.1 Å². The van der Waals surface area contributed by atoms with Crippen molar-refractivity contribution >= 4 is 27.1 Å². The van der Waals surface area contributed by atoms with E-state index in [4.69, 9.17) is 0 Å². The molecule has 1 aromatic heterocycles. The molecule has 4 nitrogen and oxygen atoms in total. The number of aryl methyl sites for hydroxylation is 1. The summed E-state index contributed by atoms with van der Waals surface area (Å²) in [6.45, 7) is -0.0700. The number of benzene rings is 2. The summed E-state index contributed by atoms with van der Waals surface area (Å²) < 4.78 is 39.6. The third-order valence-electron chi connectivity index (χ3n) is 4.36. The molecule has 0 bridgehead atoms. The molecule has 0 spiro atoms. The van der Waals surface area contributed by atoms with Gasteiger partial charge in [-0.1, -0.05) is 48.5 Å². The number of hydrogen-bond donors (Lipinski definition) is 1. The van der Waals surface area contributed by atoms with Gasteiger partial charge in [0.1, 0.15) is 15.3 Å². The van der Waals surface area contributed by atoms with Gasteiger partial charge >= 0.3 is 0 Å². The first kappa shape index (κ1) is 20.2. The molecular formula is C21H20FNO3S2. The summed E-state index contributed by atoms with van der Waals surface area (Å²) in [7, 11) is -3.71. The minimum Gasteiger partial charge on any atom is -0.354 e. The average molecular weight is 418 g/mol. The van der Waals surface area contributed by atoms with Gasteiger partial charge in [-0.05, 0) is 41.1 Å². The molecule has 0 aliphatic rings. The molecule has 7 heteroatoms. The highest BCUT2D eigenvalue weighted by molar-refractivity contribution is 7.93. The zero-order valence-electron chi connectivity index (χ0n) is 15.0. The van der Waals surface area contributed by atoms with E-state index in [1.165, 1.54) is 30.3 Å². The molecule has 1 heterocycles. The fraction of sp³-hybridized carbons (Fsp3) is 0.190. The van der Waals surface area contributed by atoms with E-state index < -0.39 is 20.9 Å². The third kappa shape index (κ3) is 5.05. The van der Waals surface area contributed by atoms with Crippen molar-refractivity contribution in [1.82, 2.24) is 5.32 Å². The summed E-state index contributed by atoms with van der Waals surface area (Å²) in [6.07, 6.45) is 0.838. The first-order valence-corrected chi connectivity index (χ1v) is 11.2. The van der Waals surface area contributed by atoms with Crippen LogP contribution in [0.15, 0.2) is 76.3 Å². The minimum absolute atomic E-state index is 0.0700. The number of hydrogen-bond acceptors (Lipinski definition) is 4. The summed E-state index contributed by atoms with van der Waals surface area (Å²) in [4.78, 5) is 12.3. The predicted octanol–water partition coefficient (Wildman–Crippen LogP) is 4.15. The van der Waals surface area contributed by atoms with Crippen LogP contribution in [0, 0.1) is 5.82 Å². The first-order valence-electron chi connectivity index (χ1n) is 8.80. The van der Waals surface area contributed by atoms with Crippen LogP contribution < -0.4 is 5.32 Å². The van der Waals surface area contributed by atoms with E-state index in [1.54, 1.807) is 11.4 Å². The normalized spacial score (nSPS) is 12.5. The predicted molar refractivity (Wildman–Crippen MR) is 108 cm³/mol. The molecule has 2 aromatic carbocycles. The summed E-state index contributed by atoms with van der Waals surface area (Å²) in [5.41, 5.74) is 1.48. The van der Waals surface area contributed by atoms with Gasteiger partial charge in [0.25, 0.3) is 0 Å². The molecule has 1 amide bonds. The van der Waals surface area contributed by atoms with E-state index in [9.17, 15) is 17.6 Å². The van der Waals surface area contributed by atoms with Crippen molar-refractivity contribution < 1.29 is 17.6 Å². The lowest BCUT2D eigenvalue weighted by molar-refractivity contribution is -0.121. The highest BCUT2D eigenvalue weighted by Crippen LogP contribution is 2.31. The Labute approximate surface area is 168 Å². The maximum atomic E-state index is 13.3. The molecular weight excluding hydrogens is 397 g/mol. The van der Waals surface area contributed by atoms with Gasteiger partial charge in [-0.15, -0.1) is 11.3 Å². The Bertz CT molecular complexity index is 1000. The van der Waals surface area contributed by atoms with Gasteiger partial charge in [0.05, 0.1) is 0 Å². The smallest absolute Gasteiger partial charge is 0.220 e. The van der Waals surface area contributed by atoms with Gasteiger partial charge in [0, 0.05) is 13.0 Å². The Morgan fingerprint density at radius 2 is 1.71 bits per heavy atom. The van der Waals surface area contributed by atoms with Crippen molar-refractivity contribution in [2.45, 2.75) is 22.3 Å². The Balaban J connectivity index is 1.72. The molecule has 0 saturated heterocycles. The number of sulfone groups is 1. The van der Waals surface area contributed by atoms with Crippen LogP contribution in [0.2, 0.25) is 0 Å². The average Bonchev–Trinajstić information content (AvgIpc) is 3.24. The number of carbonyl (C=O) groups is 1. The Morgan fingerprint density at radius 3 is 2.36 bits per heavy atom. The molecule has 3 aromatic rings. The molecule has 0 aliphatic heterocycles. The summed E-state index contributed by atoms with van der Waals surface area (Å²) >= 11 is 1.12. The van der Waals surface area contributed by atoms with Crippen molar-refractivity contribution in [1.29, 1.82) is 0 Å². The van der Waals surface area contributed by atoms with Gasteiger partial charge in [-0.3, -0.25) is 4.79 Å². The fourth-order valence-corrected chi connectivity index (χ4v) is 5.71. The molecule has 0 fully saturated rings. The molecule has 3 rings (SSSR count). The quantitative estimate of drug-likeness (QED) is 0.599. The fourth-order valence-electron chi connectivity index (χ4n) is 2.85. The second-order valence-corrected chi connectivity index (χ2v) is 9.61. The second-order valence-electron chi connectivity index (χ2n) is 6.31. The minimum atomic E-state index is -3.71. The van der Waals surface area contributed by atoms with Gasteiger partial charge in [-0.2, -0.15) is 0 Å². The number of carbonyl (C=O) groups excluding carboxylic acids is 1. The Hall–Kier alpha value is -2.51. The van der Waals surface area contributed by atoms with Gasteiger partial charge in [0.15, 0.2) is 9.84 Å². The third-order valence-corrected chi connectivity index (χ3v) is 7.89. The number of rotatable bonds is 8. The van der Waals surface area contributed by atoms with Crippen LogP contribution >= 0.6 is 11.3 Å². The van der Waals surface area contributed by atoms with Crippen LogP contribution in [0.25, 0.3) is 0 Å². The van der Waals surface area contributed by atoms with Crippen molar-refractivity contribution in [3.63, 3.8) is 0 Å². The van der Waals surface area contributed by atoms with Gasteiger partial charge < -0.3 is 5.32 Å². The van der Waals surface area contributed by atoms with Crippen molar-refractivity contribution in [2.75, 3.05) is 6.54 Å². The molecule has 1 atom stereocenters. The molecule has 146 valence electrons. The Morgan fingerprint density at radius 1 is 1.00 bits per heavy atom. The highest BCUT2D eigenvalue weighted by Gasteiger charge is 2.30. The number of nitrogens with one attached hydrogen (secondary N) is 1. The van der Waals surface area contributed by atoms with E-state index in [0.29, 0.717) is 12.0 Å². The van der Waals surface area contributed by atoms with E-state index in [0.717, 1.165) is 16.9 Å². The monoisotopic (exact) mass is 417 g/mol. The van der Waals surface area contributed by atoms with Crippen molar-refractivity contribution in [3.8, 4) is 0 Å². The lowest BCUT2D eigenvalue weighted by atomic mass is 10.1. The van der Waals surface area contributed by atoms with Crippen LogP contribution in [-0.2, 0) is 21.1 Å². The molecule has 1 N–H and O–H groups in total. The molecule has 28 heavy (non-hydrogen) atoms. The van der Waals surface area contributed by atoms with Crippen LogP contribution in [0.4, 0.5) is 4.39 Å². The lowest BCUT2D eigenvalue weighted by Gasteiger charge is -2.18. The topological polar surface area (TPSA) is 63.2 Å². The largest absolute Gasteiger partial charge is 0.354 e. The van der Waals surface area contributed by atoms with E-state index >= 15 is 0 Å². The van der Waals surface area contributed by atoms with E-state index in [1.807, 2.05) is 30.3 Å². The standard InChI is InChI=1S/C21H20FNO3S2/c22-18-11-9-17(10-12-18)19(28(25,26)21-7-4-14-27-21)15-23-20(24)13-8-16-5-2-1-3-6-16/h1-7,9-12,14,19H,8,13,15H2,(H,23,24)/t19-/m0/s1. The van der Waals surface area contributed by atoms with Crippen LogP contribution in [0.1, 0.15) is 22.8 Å². The summed E-state index contributed by atoms with van der Waals surface area (Å²) in [5.74, 6) is -0.666. The van der Waals surface area contributed by atoms with E-state index in [2.05, 4.69) is 5.32 Å². The molecule has 0 unspecified atom stereocenters. The molecule has 0 saturated carbocycles. The second kappa shape index (κ2) is 9.12. The molecule has 0 radical (unpaired) electrons. The SMILES string of the molecule is O=C(CCc1ccccc1)NC[C@@H](c1ccc(F)cc1)S(=O)(=O)c1cccs1. The highest BCUT2D eigenvalue weighted by atomic mass is 32.2. The van der Waals surface area contributed by atoms with Crippen LogP contribution in [0.5, 0.6) is 0 Å².